The van der Waals surface area contributed by atoms with Crippen LogP contribution in [-0.2, 0) is 9.59 Å². The predicted molar refractivity (Wildman–Crippen MR) is 109 cm³/mol. The Kier molecular flexibility index (Phi) is 4.78. The number of carbonyl (C=O) groups excluding carboxylic acids is 2. The van der Waals surface area contributed by atoms with E-state index in [1.807, 2.05) is 43.3 Å². The Morgan fingerprint density at radius 3 is 2.66 bits per heavy atom. The van der Waals surface area contributed by atoms with Crippen molar-refractivity contribution in [3.8, 4) is 11.4 Å². The highest BCUT2D eigenvalue weighted by atomic mass is 16.2. The number of aromatic amines is 1. The van der Waals surface area contributed by atoms with Crippen LogP contribution in [0.2, 0.25) is 0 Å². The van der Waals surface area contributed by atoms with E-state index in [0.29, 0.717) is 23.0 Å². The van der Waals surface area contributed by atoms with E-state index in [-0.39, 0.29) is 12.1 Å². The average Bonchev–Trinajstić information content (AvgIpc) is 3.36. The van der Waals surface area contributed by atoms with E-state index >= 15 is 0 Å². The average molecular weight is 389 g/mol. The Morgan fingerprint density at radius 1 is 1.17 bits per heavy atom. The summed E-state index contributed by atoms with van der Waals surface area (Å²) >= 11 is 0. The lowest BCUT2D eigenvalue weighted by Crippen LogP contribution is -2.39. The van der Waals surface area contributed by atoms with E-state index in [1.54, 1.807) is 18.2 Å². The maximum atomic E-state index is 12.8. The Balaban J connectivity index is 1.55. The van der Waals surface area contributed by atoms with Crippen LogP contribution in [0.5, 0.6) is 0 Å². The molecule has 3 aromatic rings. The van der Waals surface area contributed by atoms with Gasteiger partial charge in [-0.05, 0) is 31.2 Å². The second-order valence-electron chi connectivity index (χ2n) is 6.63. The quantitative estimate of drug-likeness (QED) is 0.613. The molecule has 2 aromatic carbocycles. The van der Waals surface area contributed by atoms with Gasteiger partial charge in [-0.1, -0.05) is 30.3 Å². The van der Waals surface area contributed by atoms with Gasteiger partial charge in [0.15, 0.2) is 5.82 Å². The summed E-state index contributed by atoms with van der Waals surface area (Å²) in [7, 11) is 0. The molecule has 29 heavy (non-hydrogen) atoms. The lowest BCUT2D eigenvalue weighted by molar-refractivity contribution is -0.119. The summed E-state index contributed by atoms with van der Waals surface area (Å²) in [5, 5.41) is 15.6. The van der Waals surface area contributed by atoms with Crippen molar-refractivity contribution in [2.45, 2.75) is 19.4 Å². The molecule has 2 heterocycles. The van der Waals surface area contributed by atoms with Crippen molar-refractivity contribution in [1.82, 2.24) is 15.2 Å². The number of carbonyl (C=O) groups is 2. The number of nitrogens with one attached hydrogen (secondary N) is 2. The summed E-state index contributed by atoms with van der Waals surface area (Å²) in [4.78, 5) is 28.9. The molecule has 0 bridgehead atoms. The molecule has 4 rings (SSSR count). The third kappa shape index (κ3) is 3.84. The zero-order valence-corrected chi connectivity index (χ0v) is 15.7. The van der Waals surface area contributed by atoms with Crippen LogP contribution in [0.1, 0.15) is 12.2 Å². The molecule has 9 heteroatoms. The molecule has 0 aliphatic carbocycles. The van der Waals surface area contributed by atoms with Gasteiger partial charge in [0, 0.05) is 17.7 Å². The van der Waals surface area contributed by atoms with Gasteiger partial charge in [0.25, 0.3) is 5.91 Å². The number of hydrogen-bond acceptors (Lipinski definition) is 6. The van der Waals surface area contributed by atoms with Crippen LogP contribution in [-0.4, -0.2) is 38.7 Å². The summed E-state index contributed by atoms with van der Waals surface area (Å²) in [6.45, 7) is 1.81. The molecular weight excluding hydrogens is 370 g/mol. The molecule has 1 unspecified atom stereocenters. The number of aryl methyl sites for hydroxylation is 1. The Labute approximate surface area is 166 Å². The number of benzene rings is 2. The molecule has 1 aliphatic rings. The standard InChI is InChI=1S/C20H19N7O2/c1-12-22-19(25-24-12)13-6-5-7-14(10-13)23-20(29)16-11-17(18(21)28)27(26-16)15-8-3-2-4-9-15/h2-10,17H,11H2,1H3,(H2,21,28)(H,23,29)(H,22,24,25). The van der Waals surface area contributed by atoms with E-state index in [2.05, 4.69) is 25.6 Å². The van der Waals surface area contributed by atoms with E-state index < -0.39 is 17.9 Å². The van der Waals surface area contributed by atoms with Crippen molar-refractivity contribution in [3.63, 3.8) is 0 Å². The van der Waals surface area contributed by atoms with Crippen molar-refractivity contribution in [2.24, 2.45) is 10.8 Å². The van der Waals surface area contributed by atoms with Crippen LogP contribution < -0.4 is 16.1 Å². The molecule has 0 spiro atoms. The highest BCUT2D eigenvalue weighted by molar-refractivity contribution is 6.44. The molecule has 146 valence electrons. The Bertz CT molecular complexity index is 1090. The number of rotatable bonds is 5. The summed E-state index contributed by atoms with van der Waals surface area (Å²) in [6, 6.07) is 15.6. The number of nitrogens with two attached hydrogens (primary N) is 1. The fourth-order valence-electron chi connectivity index (χ4n) is 3.10. The third-order valence-electron chi connectivity index (χ3n) is 4.50. The van der Waals surface area contributed by atoms with Gasteiger partial charge < -0.3 is 11.1 Å². The lowest BCUT2D eigenvalue weighted by Gasteiger charge is -2.20. The SMILES string of the molecule is Cc1nc(-c2cccc(NC(=O)C3=NN(c4ccccc4)C(C(N)=O)C3)c2)n[nH]1. The van der Waals surface area contributed by atoms with Gasteiger partial charge in [0.05, 0.1) is 5.69 Å². The molecule has 0 saturated carbocycles. The monoisotopic (exact) mass is 389 g/mol. The first-order valence-electron chi connectivity index (χ1n) is 9.03. The predicted octanol–water partition coefficient (Wildman–Crippen LogP) is 1.84. The molecule has 9 nitrogen and oxygen atoms in total. The largest absolute Gasteiger partial charge is 0.368 e. The van der Waals surface area contributed by atoms with Gasteiger partial charge in [-0.3, -0.25) is 19.7 Å². The zero-order valence-electron chi connectivity index (χ0n) is 15.7. The van der Waals surface area contributed by atoms with Crippen molar-refractivity contribution in [2.75, 3.05) is 10.3 Å². The van der Waals surface area contributed by atoms with Crippen molar-refractivity contribution in [3.05, 3.63) is 60.4 Å². The molecule has 1 aromatic heterocycles. The second-order valence-corrected chi connectivity index (χ2v) is 6.63. The molecule has 0 radical (unpaired) electrons. The smallest absolute Gasteiger partial charge is 0.271 e. The van der Waals surface area contributed by atoms with Gasteiger partial charge >= 0.3 is 0 Å². The maximum Gasteiger partial charge on any atom is 0.271 e. The number of para-hydroxylation sites is 1. The second kappa shape index (κ2) is 7.55. The number of aromatic nitrogens is 3. The minimum atomic E-state index is -0.708. The van der Waals surface area contributed by atoms with Crippen molar-refractivity contribution >= 4 is 28.9 Å². The zero-order chi connectivity index (χ0) is 20.4. The Morgan fingerprint density at radius 2 is 1.97 bits per heavy atom. The van der Waals surface area contributed by atoms with Crippen LogP contribution in [0, 0.1) is 6.92 Å². The van der Waals surface area contributed by atoms with E-state index in [1.165, 1.54) is 5.01 Å². The highest BCUT2D eigenvalue weighted by Gasteiger charge is 2.34. The van der Waals surface area contributed by atoms with Crippen LogP contribution in [0.4, 0.5) is 11.4 Å². The van der Waals surface area contributed by atoms with Gasteiger partial charge in [-0.15, -0.1) is 0 Å². The summed E-state index contributed by atoms with van der Waals surface area (Å²) in [5.41, 5.74) is 7.79. The topological polar surface area (TPSA) is 129 Å². The number of hydrazone groups is 1. The minimum Gasteiger partial charge on any atom is -0.368 e. The normalized spacial score (nSPS) is 15.8. The van der Waals surface area contributed by atoms with Crippen molar-refractivity contribution in [1.29, 1.82) is 0 Å². The van der Waals surface area contributed by atoms with Crippen LogP contribution in [0.3, 0.4) is 0 Å². The van der Waals surface area contributed by atoms with Gasteiger partial charge in [0.1, 0.15) is 17.6 Å². The van der Waals surface area contributed by atoms with Crippen molar-refractivity contribution < 1.29 is 9.59 Å². The van der Waals surface area contributed by atoms with Crippen LogP contribution in [0.15, 0.2) is 59.7 Å². The first kappa shape index (κ1) is 18.4. The molecule has 1 aliphatic heterocycles. The number of anilines is 2. The molecule has 2 amide bonds. The maximum absolute atomic E-state index is 12.8. The summed E-state index contributed by atoms with van der Waals surface area (Å²) < 4.78 is 0. The lowest BCUT2D eigenvalue weighted by atomic mass is 10.1. The first-order valence-corrected chi connectivity index (χ1v) is 9.03. The van der Waals surface area contributed by atoms with Crippen LogP contribution >= 0.6 is 0 Å². The van der Waals surface area contributed by atoms with Gasteiger partial charge in [-0.25, -0.2) is 4.98 Å². The molecular formula is C20H19N7O2. The fraction of sp³-hybridized carbons (Fsp3) is 0.150. The van der Waals surface area contributed by atoms with E-state index in [9.17, 15) is 9.59 Å². The minimum absolute atomic E-state index is 0.135. The number of nitrogens with zero attached hydrogens (tertiary/aromatic N) is 4. The Hall–Kier alpha value is -4.01. The molecule has 0 fully saturated rings. The van der Waals surface area contributed by atoms with E-state index in [0.717, 1.165) is 5.56 Å². The molecule has 4 N–H and O–H groups in total. The molecule has 1 atom stereocenters. The first-order chi connectivity index (χ1) is 14.0. The van der Waals surface area contributed by atoms with Gasteiger partial charge in [0.2, 0.25) is 5.91 Å². The highest BCUT2D eigenvalue weighted by Crippen LogP contribution is 2.25. The number of amides is 2. The van der Waals surface area contributed by atoms with E-state index in [4.69, 9.17) is 5.73 Å². The van der Waals surface area contributed by atoms with Gasteiger partial charge in [-0.2, -0.15) is 10.2 Å². The fourth-order valence-corrected chi connectivity index (χ4v) is 3.10. The number of hydrogen-bond donors (Lipinski definition) is 3. The number of H-pyrrole nitrogens is 1. The molecule has 0 saturated heterocycles. The summed E-state index contributed by atoms with van der Waals surface area (Å²) in [5.74, 6) is 0.314. The number of primary amides is 1. The third-order valence-corrected chi connectivity index (χ3v) is 4.50. The van der Waals surface area contributed by atoms with Crippen LogP contribution in [0.25, 0.3) is 11.4 Å². The summed E-state index contributed by atoms with van der Waals surface area (Å²) in [6.07, 6.45) is 0.135.